The van der Waals surface area contributed by atoms with Crippen LogP contribution in [0.25, 0.3) is 0 Å². The van der Waals surface area contributed by atoms with Gasteiger partial charge in [0.05, 0.1) is 17.6 Å². The molecule has 0 amide bonds. The summed E-state index contributed by atoms with van der Waals surface area (Å²) >= 11 is 8.11. The second kappa shape index (κ2) is 7.55. The zero-order valence-electron chi connectivity index (χ0n) is 18.5. The van der Waals surface area contributed by atoms with Gasteiger partial charge in [-0.25, -0.2) is 0 Å². The van der Waals surface area contributed by atoms with Gasteiger partial charge in [0.2, 0.25) is 0 Å². The van der Waals surface area contributed by atoms with Crippen LogP contribution in [-0.4, -0.2) is 5.78 Å². The molecule has 4 nitrogen and oxygen atoms in total. The number of carbonyl (C=O) groups is 1. The minimum Gasteiger partial charge on any atom is -0.384 e. The summed E-state index contributed by atoms with van der Waals surface area (Å²) in [6.45, 7) is 10.2. The summed E-state index contributed by atoms with van der Waals surface area (Å²) in [6, 6.07) is 10.2. The maximum absolute atomic E-state index is 13.5. The van der Waals surface area contributed by atoms with E-state index < -0.39 is 5.92 Å². The summed E-state index contributed by atoms with van der Waals surface area (Å²) < 4.78 is 0. The molecule has 1 atom stereocenters. The number of hydrogen-bond acceptors (Lipinski definition) is 5. The number of rotatable bonds is 2. The molecule has 1 unspecified atom stereocenters. The normalized spacial score (nSPS) is 20.7. The molecule has 0 radical (unpaired) electrons. The predicted molar refractivity (Wildman–Crippen MR) is 127 cm³/mol. The number of halogens is 1. The first kappa shape index (κ1) is 21.7. The van der Waals surface area contributed by atoms with Gasteiger partial charge in [-0.3, -0.25) is 9.69 Å². The number of benzene rings is 1. The van der Waals surface area contributed by atoms with Crippen molar-refractivity contribution < 1.29 is 4.79 Å². The van der Waals surface area contributed by atoms with Crippen LogP contribution in [-0.2, 0) is 4.79 Å². The lowest BCUT2D eigenvalue weighted by atomic mass is 9.68. The Labute approximate surface area is 192 Å². The minimum atomic E-state index is -0.425. The number of hydrogen-bond donors (Lipinski definition) is 1. The molecule has 0 saturated carbocycles. The number of carbonyl (C=O) groups excluding carboxylic acids is 1. The first-order chi connectivity index (χ1) is 14.5. The smallest absolute Gasteiger partial charge is 0.162 e. The number of Topliss-reactive ketones (excluding diaryl/α,β-unsaturated/α-hetero) is 1. The summed E-state index contributed by atoms with van der Waals surface area (Å²) in [6.07, 6.45) is 1.14. The van der Waals surface area contributed by atoms with Crippen LogP contribution < -0.4 is 10.6 Å². The van der Waals surface area contributed by atoms with Gasteiger partial charge in [0.25, 0.3) is 0 Å². The van der Waals surface area contributed by atoms with E-state index in [1.807, 2.05) is 43.9 Å². The summed E-state index contributed by atoms with van der Waals surface area (Å²) in [5.74, 6) is 0.0357. The summed E-state index contributed by atoms with van der Waals surface area (Å²) in [5.41, 5.74) is 11.2. The topological polar surface area (TPSA) is 70.1 Å². The molecule has 0 fully saturated rings. The highest BCUT2D eigenvalue weighted by atomic mass is 35.5. The number of nitrogens with zero attached hydrogens (tertiary/aromatic N) is 2. The number of nitriles is 1. The molecule has 160 valence electrons. The van der Waals surface area contributed by atoms with Crippen LogP contribution in [0.15, 0.2) is 46.9 Å². The number of ketones is 1. The van der Waals surface area contributed by atoms with Gasteiger partial charge in [0.1, 0.15) is 5.82 Å². The van der Waals surface area contributed by atoms with Crippen molar-refractivity contribution >= 4 is 34.4 Å². The van der Waals surface area contributed by atoms with E-state index in [0.717, 1.165) is 32.3 Å². The zero-order valence-corrected chi connectivity index (χ0v) is 20.0. The molecule has 31 heavy (non-hydrogen) atoms. The van der Waals surface area contributed by atoms with E-state index in [-0.39, 0.29) is 11.2 Å². The fraction of sp³-hybridized carbons (Fsp3) is 0.360. The summed E-state index contributed by atoms with van der Waals surface area (Å²) in [4.78, 5) is 17.7. The SMILES string of the molecule is Cc1cc(C2C(C#N)=C(N)N(c3ccc(C)c(Cl)c3)C3=C2C(=O)CC(C)(C)C3)c(C)s1. The van der Waals surface area contributed by atoms with Crippen LogP contribution in [0.3, 0.4) is 0 Å². The number of anilines is 1. The molecule has 2 N–H and O–H groups in total. The number of nitrogens with two attached hydrogens (primary N) is 1. The van der Waals surface area contributed by atoms with Crippen molar-refractivity contribution in [1.82, 2.24) is 0 Å². The molecule has 1 aromatic carbocycles. The van der Waals surface area contributed by atoms with Gasteiger partial charge in [0.15, 0.2) is 5.78 Å². The van der Waals surface area contributed by atoms with Gasteiger partial charge in [-0.1, -0.05) is 31.5 Å². The molecule has 4 rings (SSSR count). The van der Waals surface area contributed by atoms with Crippen molar-refractivity contribution in [2.24, 2.45) is 11.1 Å². The molecule has 2 heterocycles. The van der Waals surface area contributed by atoms with Crippen molar-refractivity contribution in [2.45, 2.75) is 53.4 Å². The Morgan fingerprint density at radius 1 is 1.23 bits per heavy atom. The lowest BCUT2D eigenvalue weighted by Crippen LogP contribution is -2.42. The van der Waals surface area contributed by atoms with E-state index in [1.54, 1.807) is 11.3 Å². The Balaban J connectivity index is 2.02. The molecule has 0 saturated heterocycles. The van der Waals surface area contributed by atoms with E-state index in [2.05, 4.69) is 26.0 Å². The lowest BCUT2D eigenvalue weighted by Gasteiger charge is -2.43. The van der Waals surface area contributed by atoms with Gasteiger partial charge in [-0.2, -0.15) is 5.26 Å². The van der Waals surface area contributed by atoms with E-state index >= 15 is 0 Å². The van der Waals surface area contributed by atoms with E-state index in [0.29, 0.717) is 34.8 Å². The average molecular weight is 452 g/mol. The fourth-order valence-corrected chi connectivity index (χ4v) is 5.91. The molecule has 0 spiro atoms. The molecule has 1 aliphatic carbocycles. The third kappa shape index (κ3) is 3.58. The van der Waals surface area contributed by atoms with Gasteiger partial charge < -0.3 is 5.73 Å². The Kier molecular flexibility index (Phi) is 5.28. The highest BCUT2D eigenvalue weighted by Crippen LogP contribution is 2.51. The zero-order chi connectivity index (χ0) is 22.7. The standard InChI is InChI=1S/C25H26ClN3OS/c1-13-6-7-16(9-19(13)26)29-20-10-25(4,5)11-21(30)23(20)22(18(12-27)24(29)28)17-8-14(2)31-15(17)3/h6-9,22H,10-11,28H2,1-5H3. The van der Waals surface area contributed by atoms with Crippen LogP contribution in [0.2, 0.25) is 5.02 Å². The summed E-state index contributed by atoms with van der Waals surface area (Å²) in [5, 5.41) is 10.8. The van der Waals surface area contributed by atoms with Gasteiger partial charge in [0, 0.05) is 38.2 Å². The molecule has 0 bridgehead atoms. The van der Waals surface area contributed by atoms with Crippen molar-refractivity contribution in [2.75, 3.05) is 4.90 Å². The number of thiophene rings is 1. The second-order valence-electron chi connectivity index (χ2n) is 9.28. The Hall–Kier alpha value is -2.55. The van der Waals surface area contributed by atoms with Gasteiger partial charge in [-0.05, 0) is 61.9 Å². The Morgan fingerprint density at radius 2 is 1.94 bits per heavy atom. The second-order valence-corrected chi connectivity index (χ2v) is 11.2. The van der Waals surface area contributed by atoms with Crippen LogP contribution >= 0.6 is 22.9 Å². The lowest BCUT2D eigenvalue weighted by molar-refractivity contribution is -0.118. The van der Waals surface area contributed by atoms with E-state index in [4.69, 9.17) is 17.3 Å². The molecule has 1 aliphatic heterocycles. The summed E-state index contributed by atoms with van der Waals surface area (Å²) in [7, 11) is 0. The molecular formula is C25H26ClN3OS. The van der Waals surface area contributed by atoms with Gasteiger partial charge in [-0.15, -0.1) is 11.3 Å². The predicted octanol–water partition coefficient (Wildman–Crippen LogP) is 6.27. The molecule has 2 aliphatic rings. The van der Waals surface area contributed by atoms with Crippen LogP contribution in [0.5, 0.6) is 0 Å². The fourth-order valence-electron chi connectivity index (χ4n) is 4.77. The average Bonchev–Trinajstić information content (AvgIpc) is 3.00. The maximum Gasteiger partial charge on any atom is 0.162 e. The quantitative estimate of drug-likeness (QED) is 0.584. The highest BCUT2D eigenvalue weighted by molar-refractivity contribution is 7.12. The van der Waals surface area contributed by atoms with Crippen molar-refractivity contribution in [3.05, 3.63) is 72.8 Å². The number of allylic oxidation sites excluding steroid dienone is 3. The van der Waals surface area contributed by atoms with Crippen molar-refractivity contribution in [3.8, 4) is 6.07 Å². The molecule has 6 heteroatoms. The van der Waals surface area contributed by atoms with E-state index in [9.17, 15) is 10.1 Å². The van der Waals surface area contributed by atoms with Crippen molar-refractivity contribution in [1.29, 1.82) is 5.26 Å². The highest BCUT2D eigenvalue weighted by Gasteiger charge is 2.45. The first-order valence-electron chi connectivity index (χ1n) is 10.3. The molecule has 1 aromatic heterocycles. The van der Waals surface area contributed by atoms with Crippen LogP contribution in [0, 0.1) is 37.5 Å². The van der Waals surface area contributed by atoms with Crippen LogP contribution in [0.1, 0.15) is 53.5 Å². The third-order valence-electron chi connectivity index (χ3n) is 6.18. The van der Waals surface area contributed by atoms with E-state index in [1.165, 1.54) is 0 Å². The van der Waals surface area contributed by atoms with Crippen molar-refractivity contribution in [3.63, 3.8) is 0 Å². The first-order valence-corrected chi connectivity index (χ1v) is 11.5. The maximum atomic E-state index is 13.5. The molecular weight excluding hydrogens is 426 g/mol. The number of aryl methyl sites for hydroxylation is 3. The van der Waals surface area contributed by atoms with Gasteiger partial charge >= 0.3 is 0 Å². The largest absolute Gasteiger partial charge is 0.384 e. The monoisotopic (exact) mass is 451 g/mol. The minimum absolute atomic E-state index is 0.0861. The third-order valence-corrected chi connectivity index (χ3v) is 7.57. The Morgan fingerprint density at radius 3 is 2.52 bits per heavy atom. The Bertz CT molecular complexity index is 1210. The van der Waals surface area contributed by atoms with Crippen LogP contribution in [0.4, 0.5) is 5.69 Å². The molecule has 2 aromatic rings.